The number of benzene rings is 2. The summed E-state index contributed by atoms with van der Waals surface area (Å²) >= 11 is 0. The van der Waals surface area contributed by atoms with Crippen molar-refractivity contribution >= 4 is 27.5 Å². The Kier molecular flexibility index (Phi) is 10.8. The maximum atomic E-state index is 13.3. The number of anilines is 1. The maximum absolute atomic E-state index is 13.3. The van der Waals surface area contributed by atoms with Crippen molar-refractivity contribution in [1.29, 1.82) is 0 Å². The number of aryl methyl sites for hydroxylation is 1. The molecule has 1 atom stereocenters. The highest BCUT2D eigenvalue weighted by Gasteiger charge is 2.27. The van der Waals surface area contributed by atoms with Gasteiger partial charge >= 0.3 is 0 Å². The lowest BCUT2D eigenvalue weighted by Crippen LogP contribution is -2.49. The molecule has 1 N–H and O–H groups in total. The second kappa shape index (κ2) is 13.3. The Morgan fingerprint density at radius 2 is 1.69 bits per heavy atom. The smallest absolute Gasteiger partial charge is 0.242 e. The molecule has 0 aromatic heterocycles. The van der Waals surface area contributed by atoms with Crippen LogP contribution in [0.5, 0.6) is 5.75 Å². The van der Waals surface area contributed by atoms with Crippen molar-refractivity contribution in [2.75, 3.05) is 24.2 Å². The first-order valence-corrected chi connectivity index (χ1v) is 14.1. The van der Waals surface area contributed by atoms with Crippen LogP contribution < -0.4 is 14.4 Å². The molecule has 0 heterocycles. The Hall–Kier alpha value is -3.07. The molecule has 0 aliphatic heterocycles. The van der Waals surface area contributed by atoms with Crippen molar-refractivity contribution in [3.8, 4) is 5.75 Å². The first-order valence-electron chi connectivity index (χ1n) is 12.3. The molecular formula is C27H39N3O5S. The average Bonchev–Trinajstić information content (AvgIpc) is 2.83. The van der Waals surface area contributed by atoms with Crippen molar-refractivity contribution in [3.63, 3.8) is 0 Å². The van der Waals surface area contributed by atoms with Gasteiger partial charge in [0.15, 0.2) is 0 Å². The molecule has 2 amide bonds. The lowest BCUT2D eigenvalue weighted by atomic mass is 10.1. The van der Waals surface area contributed by atoms with Crippen LogP contribution in [-0.2, 0) is 32.6 Å². The summed E-state index contributed by atoms with van der Waals surface area (Å²) in [4.78, 5) is 27.6. The van der Waals surface area contributed by atoms with Gasteiger partial charge in [-0.25, -0.2) is 8.42 Å². The van der Waals surface area contributed by atoms with Gasteiger partial charge in [-0.05, 0) is 69.0 Å². The number of nitrogens with zero attached hydrogens (tertiary/aromatic N) is 2. The highest BCUT2D eigenvalue weighted by atomic mass is 32.2. The number of carbonyl (C=O) groups excluding carboxylic acids is 2. The third kappa shape index (κ3) is 8.55. The number of methoxy groups -OCH3 is 1. The largest absolute Gasteiger partial charge is 0.497 e. The number of carbonyl (C=O) groups is 2. The van der Waals surface area contributed by atoms with E-state index >= 15 is 0 Å². The summed E-state index contributed by atoms with van der Waals surface area (Å²) in [6.07, 6.45) is 2.44. The maximum Gasteiger partial charge on any atom is 0.242 e. The molecule has 0 saturated heterocycles. The Morgan fingerprint density at radius 3 is 2.25 bits per heavy atom. The van der Waals surface area contributed by atoms with E-state index in [1.165, 1.54) is 9.21 Å². The van der Waals surface area contributed by atoms with Crippen molar-refractivity contribution in [2.24, 2.45) is 0 Å². The second-order valence-electron chi connectivity index (χ2n) is 9.17. The van der Waals surface area contributed by atoms with Gasteiger partial charge in [0.1, 0.15) is 11.8 Å². The molecule has 2 aromatic rings. The molecule has 0 bridgehead atoms. The number of amides is 2. The topological polar surface area (TPSA) is 96.0 Å². The van der Waals surface area contributed by atoms with Crippen LogP contribution in [0.1, 0.15) is 51.7 Å². The zero-order valence-electron chi connectivity index (χ0n) is 22.2. The predicted octanol–water partition coefficient (Wildman–Crippen LogP) is 3.75. The highest BCUT2D eigenvalue weighted by Crippen LogP contribution is 2.21. The monoisotopic (exact) mass is 517 g/mol. The standard InChI is InChI=1S/C27H39N3O5S/c1-7-22-13-15-24(16-14-22)30(36(6,33)34)17-9-12-26(31)29(21(4)27(32)28-20(2)3)19-23-10-8-11-25(18-23)35-5/h8,10-11,13-16,18,20-21H,7,9,12,17,19H2,1-6H3,(H,28,32)/t21-/m0/s1. The molecule has 2 aromatic carbocycles. The van der Waals surface area contributed by atoms with Crippen molar-refractivity contribution < 1.29 is 22.7 Å². The van der Waals surface area contributed by atoms with Crippen molar-refractivity contribution in [2.45, 2.75) is 65.6 Å². The van der Waals surface area contributed by atoms with Crippen LogP contribution in [0.3, 0.4) is 0 Å². The van der Waals surface area contributed by atoms with Gasteiger partial charge in [0.25, 0.3) is 0 Å². The number of sulfonamides is 1. The van der Waals surface area contributed by atoms with Crippen molar-refractivity contribution in [1.82, 2.24) is 10.2 Å². The zero-order chi connectivity index (χ0) is 26.9. The van der Waals surface area contributed by atoms with Gasteiger partial charge in [-0.15, -0.1) is 0 Å². The fraction of sp³-hybridized carbons (Fsp3) is 0.481. The molecule has 0 fully saturated rings. The lowest BCUT2D eigenvalue weighted by Gasteiger charge is -2.30. The molecule has 2 rings (SSSR count). The average molecular weight is 518 g/mol. The summed E-state index contributed by atoms with van der Waals surface area (Å²) < 4.78 is 31.5. The Labute approximate surface area is 215 Å². The van der Waals surface area contributed by atoms with E-state index in [9.17, 15) is 18.0 Å². The van der Waals surface area contributed by atoms with Crippen LogP contribution in [0.4, 0.5) is 5.69 Å². The van der Waals surface area contributed by atoms with Crippen LogP contribution in [0.15, 0.2) is 48.5 Å². The molecule has 0 spiro atoms. The highest BCUT2D eigenvalue weighted by molar-refractivity contribution is 7.92. The second-order valence-corrected chi connectivity index (χ2v) is 11.1. The predicted molar refractivity (Wildman–Crippen MR) is 144 cm³/mol. The minimum atomic E-state index is -3.52. The summed E-state index contributed by atoms with van der Waals surface area (Å²) in [6, 6.07) is 14.0. The molecule has 0 unspecified atom stereocenters. The van der Waals surface area contributed by atoms with E-state index in [4.69, 9.17) is 4.74 Å². The number of rotatable bonds is 13. The van der Waals surface area contributed by atoms with Crippen LogP contribution in [0.25, 0.3) is 0 Å². The first-order chi connectivity index (χ1) is 17.0. The SMILES string of the molecule is CCc1ccc(N(CCCC(=O)N(Cc2cccc(OC)c2)[C@@H](C)C(=O)NC(C)C)S(C)(=O)=O)cc1. The van der Waals surface area contributed by atoms with E-state index < -0.39 is 16.1 Å². The Balaban J connectivity index is 2.18. The summed E-state index contributed by atoms with van der Waals surface area (Å²) in [5.41, 5.74) is 2.52. The third-order valence-corrected chi connectivity index (χ3v) is 7.06. The van der Waals surface area contributed by atoms with E-state index in [0.717, 1.165) is 23.8 Å². The van der Waals surface area contributed by atoms with Crippen LogP contribution in [0.2, 0.25) is 0 Å². The van der Waals surface area contributed by atoms with Gasteiger partial charge in [-0.3, -0.25) is 13.9 Å². The van der Waals surface area contributed by atoms with E-state index in [-0.39, 0.29) is 37.4 Å². The molecule has 8 nitrogen and oxygen atoms in total. The number of nitrogens with one attached hydrogen (secondary N) is 1. The van der Waals surface area contributed by atoms with Crippen LogP contribution in [0, 0.1) is 0 Å². The minimum absolute atomic E-state index is 0.0591. The lowest BCUT2D eigenvalue weighted by molar-refractivity contribution is -0.140. The molecule has 0 saturated carbocycles. The summed E-state index contributed by atoms with van der Waals surface area (Å²) in [5.74, 6) is 0.200. The van der Waals surface area contributed by atoms with Gasteiger partial charge in [0.05, 0.1) is 19.1 Å². The minimum Gasteiger partial charge on any atom is -0.497 e. The van der Waals surface area contributed by atoms with Gasteiger partial charge < -0.3 is 15.0 Å². The van der Waals surface area contributed by atoms with Crippen LogP contribution in [-0.4, -0.2) is 57.1 Å². The van der Waals surface area contributed by atoms with E-state index in [0.29, 0.717) is 17.9 Å². The number of ether oxygens (including phenoxy) is 1. The molecule has 9 heteroatoms. The number of hydrogen-bond acceptors (Lipinski definition) is 5. The molecule has 0 aliphatic carbocycles. The van der Waals surface area contributed by atoms with Crippen molar-refractivity contribution in [3.05, 3.63) is 59.7 Å². The molecule has 198 valence electrons. The van der Waals surface area contributed by atoms with Gasteiger partial charge in [0.2, 0.25) is 21.8 Å². The van der Waals surface area contributed by atoms with Gasteiger partial charge in [0, 0.05) is 25.6 Å². The van der Waals surface area contributed by atoms with E-state index in [2.05, 4.69) is 5.32 Å². The first kappa shape index (κ1) is 29.2. The van der Waals surface area contributed by atoms with Gasteiger partial charge in [-0.2, -0.15) is 0 Å². The van der Waals surface area contributed by atoms with E-state index in [1.54, 1.807) is 26.2 Å². The normalized spacial score (nSPS) is 12.2. The Bertz CT molecular complexity index is 1120. The fourth-order valence-electron chi connectivity index (χ4n) is 3.86. The zero-order valence-corrected chi connectivity index (χ0v) is 23.0. The third-order valence-electron chi connectivity index (χ3n) is 5.87. The summed E-state index contributed by atoms with van der Waals surface area (Å²) in [5, 5.41) is 2.87. The summed E-state index contributed by atoms with van der Waals surface area (Å²) in [6.45, 7) is 7.87. The quantitative estimate of drug-likeness (QED) is 0.437. The molecule has 0 aliphatic rings. The van der Waals surface area contributed by atoms with Gasteiger partial charge in [-0.1, -0.05) is 31.2 Å². The summed E-state index contributed by atoms with van der Waals surface area (Å²) in [7, 11) is -1.95. The molecule has 0 radical (unpaired) electrons. The molecular weight excluding hydrogens is 478 g/mol. The van der Waals surface area contributed by atoms with E-state index in [1.807, 2.05) is 57.2 Å². The number of hydrogen-bond donors (Lipinski definition) is 1. The Morgan fingerprint density at radius 1 is 1.03 bits per heavy atom. The fourth-order valence-corrected chi connectivity index (χ4v) is 4.82. The molecule has 36 heavy (non-hydrogen) atoms. The van der Waals surface area contributed by atoms with Crippen LogP contribution >= 0.6 is 0 Å².